The van der Waals surface area contributed by atoms with Crippen molar-refractivity contribution in [2.24, 2.45) is 5.92 Å². The first-order valence-electron chi connectivity index (χ1n) is 9.96. The molecule has 4 heterocycles. The lowest BCUT2D eigenvalue weighted by atomic mass is 9.99. The maximum atomic E-state index is 12.8. The zero-order valence-corrected chi connectivity index (χ0v) is 17.3. The summed E-state index contributed by atoms with van der Waals surface area (Å²) >= 11 is 1.70. The number of fused-ring (bicyclic) bond motifs is 1. The summed E-state index contributed by atoms with van der Waals surface area (Å²) in [6, 6.07) is 5.98. The molecule has 6 nitrogen and oxygen atoms in total. The molecule has 0 saturated carbocycles. The molecule has 0 radical (unpaired) electrons. The number of hydrogen-bond acceptors (Lipinski definition) is 5. The molecule has 1 fully saturated rings. The van der Waals surface area contributed by atoms with Crippen LogP contribution in [-0.2, 0) is 6.54 Å². The summed E-state index contributed by atoms with van der Waals surface area (Å²) in [6.45, 7) is 8.74. The molecule has 3 aromatic heterocycles. The predicted molar refractivity (Wildman–Crippen MR) is 113 cm³/mol. The van der Waals surface area contributed by atoms with E-state index in [0.29, 0.717) is 18.7 Å². The summed E-state index contributed by atoms with van der Waals surface area (Å²) in [5, 5.41) is 10.4. The number of amides is 1. The predicted octanol–water partition coefficient (Wildman–Crippen LogP) is 3.31. The first-order valence-corrected chi connectivity index (χ1v) is 10.8. The Morgan fingerprint density at radius 3 is 2.93 bits per heavy atom. The van der Waals surface area contributed by atoms with Gasteiger partial charge in [-0.2, -0.15) is 5.10 Å². The van der Waals surface area contributed by atoms with E-state index < -0.39 is 0 Å². The molecule has 0 atom stereocenters. The maximum Gasteiger partial charge on any atom is 0.252 e. The number of rotatable bonds is 6. The van der Waals surface area contributed by atoms with Gasteiger partial charge in [-0.1, -0.05) is 13.0 Å². The van der Waals surface area contributed by atoms with Crippen LogP contribution in [0.5, 0.6) is 0 Å². The van der Waals surface area contributed by atoms with Crippen LogP contribution in [0.1, 0.15) is 40.7 Å². The number of thiophene rings is 1. The lowest BCUT2D eigenvalue weighted by molar-refractivity contribution is 0.0946. The van der Waals surface area contributed by atoms with Crippen LogP contribution in [0.4, 0.5) is 0 Å². The number of aryl methyl sites for hydroxylation is 1. The second-order valence-corrected chi connectivity index (χ2v) is 8.74. The average molecular weight is 398 g/mol. The lowest BCUT2D eigenvalue weighted by Crippen LogP contribution is -2.39. The Labute approximate surface area is 169 Å². The summed E-state index contributed by atoms with van der Waals surface area (Å²) in [6.07, 6.45) is 4.26. The summed E-state index contributed by atoms with van der Waals surface area (Å²) in [5.74, 6) is 0.779. The zero-order valence-electron chi connectivity index (χ0n) is 16.5. The van der Waals surface area contributed by atoms with Crippen molar-refractivity contribution in [3.63, 3.8) is 0 Å². The van der Waals surface area contributed by atoms with Crippen LogP contribution in [0.15, 0.2) is 29.8 Å². The number of nitrogens with one attached hydrogen (secondary N) is 1. The van der Waals surface area contributed by atoms with Crippen LogP contribution in [0.25, 0.3) is 11.0 Å². The van der Waals surface area contributed by atoms with Gasteiger partial charge in [-0.3, -0.25) is 4.79 Å². The van der Waals surface area contributed by atoms with Crippen LogP contribution in [0, 0.1) is 12.8 Å². The fourth-order valence-electron chi connectivity index (χ4n) is 3.73. The summed E-state index contributed by atoms with van der Waals surface area (Å²) in [4.78, 5) is 21.1. The van der Waals surface area contributed by atoms with Gasteiger partial charge < -0.3 is 10.2 Å². The van der Waals surface area contributed by atoms with E-state index in [4.69, 9.17) is 0 Å². The number of nitrogens with zero attached hydrogens (tertiary/aromatic N) is 4. The van der Waals surface area contributed by atoms with Gasteiger partial charge in [-0.15, -0.1) is 11.3 Å². The van der Waals surface area contributed by atoms with Crippen LogP contribution in [-0.4, -0.2) is 51.8 Å². The van der Waals surface area contributed by atoms with E-state index in [0.717, 1.165) is 42.3 Å². The fourth-order valence-corrected chi connectivity index (χ4v) is 4.42. The number of pyridine rings is 1. The minimum Gasteiger partial charge on any atom is -0.351 e. The number of aromatic nitrogens is 3. The highest BCUT2D eigenvalue weighted by atomic mass is 32.1. The Hall–Kier alpha value is -2.25. The van der Waals surface area contributed by atoms with Gasteiger partial charge in [0.1, 0.15) is 0 Å². The van der Waals surface area contributed by atoms with Gasteiger partial charge in [0.15, 0.2) is 5.65 Å². The van der Waals surface area contributed by atoms with Crippen LogP contribution in [0.2, 0.25) is 0 Å². The molecule has 3 aromatic rings. The Bertz CT molecular complexity index is 941. The van der Waals surface area contributed by atoms with Crippen molar-refractivity contribution in [3.05, 3.63) is 45.9 Å². The standard InChI is InChI=1S/C21H27N5OS/c1-15-5-8-25(9-6-15)10-7-22-21(27)18-12-16(2)24-20-19(18)13-23-26(20)14-17-4-3-11-28-17/h3-4,11-13,15H,5-10,14H2,1-2H3,(H,22,27). The number of carbonyl (C=O) groups excluding carboxylic acids is 1. The number of carbonyl (C=O) groups is 1. The van der Waals surface area contributed by atoms with Gasteiger partial charge in [-0.25, -0.2) is 9.67 Å². The largest absolute Gasteiger partial charge is 0.351 e. The summed E-state index contributed by atoms with van der Waals surface area (Å²) in [7, 11) is 0. The van der Waals surface area contributed by atoms with E-state index in [1.165, 1.54) is 17.7 Å². The third-order valence-electron chi connectivity index (χ3n) is 5.46. The van der Waals surface area contributed by atoms with Crippen LogP contribution >= 0.6 is 11.3 Å². The number of likely N-dealkylation sites (tertiary alicyclic amines) is 1. The first kappa shape index (κ1) is 19.1. The highest BCUT2D eigenvalue weighted by molar-refractivity contribution is 7.09. The Morgan fingerprint density at radius 2 is 2.18 bits per heavy atom. The average Bonchev–Trinajstić information content (AvgIpc) is 3.33. The quantitative estimate of drug-likeness (QED) is 0.693. The lowest BCUT2D eigenvalue weighted by Gasteiger charge is -2.30. The highest BCUT2D eigenvalue weighted by Gasteiger charge is 2.18. The number of hydrogen-bond donors (Lipinski definition) is 1. The van der Waals surface area contributed by atoms with E-state index in [1.54, 1.807) is 17.5 Å². The van der Waals surface area contributed by atoms with Crippen LogP contribution < -0.4 is 5.32 Å². The van der Waals surface area contributed by atoms with Gasteiger partial charge in [0, 0.05) is 23.7 Å². The minimum absolute atomic E-state index is 0.0449. The molecule has 4 rings (SSSR count). The summed E-state index contributed by atoms with van der Waals surface area (Å²) in [5.41, 5.74) is 2.26. The Balaban J connectivity index is 1.45. The van der Waals surface area contributed by atoms with Gasteiger partial charge in [-0.05, 0) is 56.3 Å². The van der Waals surface area contributed by atoms with Gasteiger partial charge in [0.2, 0.25) is 0 Å². The Morgan fingerprint density at radius 1 is 1.36 bits per heavy atom. The Kier molecular flexibility index (Phi) is 5.73. The van der Waals surface area contributed by atoms with E-state index in [2.05, 4.69) is 38.7 Å². The molecule has 0 unspecified atom stereocenters. The molecule has 1 saturated heterocycles. The molecule has 148 valence electrons. The van der Waals surface area contributed by atoms with Crippen molar-refractivity contribution < 1.29 is 4.79 Å². The van der Waals surface area contributed by atoms with Gasteiger partial charge in [0.25, 0.3) is 5.91 Å². The molecule has 1 aliphatic rings. The van der Waals surface area contributed by atoms with Gasteiger partial charge >= 0.3 is 0 Å². The second-order valence-electron chi connectivity index (χ2n) is 7.71. The van der Waals surface area contributed by atoms with Crippen LogP contribution in [0.3, 0.4) is 0 Å². The van der Waals surface area contributed by atoms with Crippen molar-refractivity contribution >= 4 is 28.3 Å². The molecule has 0 aliphatic carbocycles. The van der Waals surface area contributed by atoms with Crippen molar-refractivity contribution in [3.8, 4) is 0 Å². The maximum absolute atomic E-state index is 12.8. The second kappa shape index (κ2) is 8.41. The molecule has 7 heteroatoms. The van der Waals surface area contributed by atoms with Crippen molar-refractivity contribution in [2.45, 2.75) is 33.2 Å². The molecule has 1 aliphatic heterocycles. The van der Waals surface area contributed by atoms with Gasteiger partial charge in [0.05, 0.1) is 23.7 Å². The first-order chi connectivity index (χ1) is 13.6. The molecule has 1 amide bonds. The third kappa shape index (κ3) is 4.25. The highest BCUT2D eigenvalue weighted by Crippen LogP contribution is 2.20. The van der Waals surface area contributed by atoms with E-state index in [1.807, 2.05) is 23.7 Å². The topological polar surface area (TPSA) is 63.1 Å². The monoisotopic (exact) mass is 397 g/mol. The fraction of sp³-hybridized carbons (Fsp3) is 0.476. The third-order valence-corrected chi connectivity index (χ3v) is 6.32. The summed E-state index contributed by atoms with van der Waals surface area (Å²) < 4.78 is 1.87. The minimum atomic E-state index is -0.0449. The zero-order chi connectivity index (χ0) is 19.5. The molecule has 0 aromatic carbocycles. The molecular weight excluding hydrogens is 370 g/mol. The molecule has 1 N–H and O–H groups in total. The van der Waals surface area contributed by atoms with E-state index in [-0.39, 0.29) is 5.91 Å². The molecule has 0 spiro atoms. The van der Waals surface area contributed by atoms with Crippen molar-refractivity contribution in [2.75, 3.05) is 26.2 Å². The van der Waals surface area contributed by atoms with Crippen molar-refractivity contribution in [1.29, 1.82) is 0 Å². The molecule has 0 bridgehead atoms. The molecule has 28 heavy (non-hydrogen) atoms. The SMILES string of the molecule is Cc1cc(C(=O)NCCN2CCC(C)CC2)c2cnn(Cc3cccs3)c2n1. The smallest absolute Gasteiger partial charge is 0.252 e. The van der Waals surface area contributed by atoms with Crippen molar-refractivity contribution in [1.82, 2.24) is 25.0 Å². The van der Waals surface area contributed by atoms with E-state index >= 15 is 0 Å². The van der Waals surface area contributed by atoms with E-state index in [9.17, 15) is 4.79 Å². The number of piperidine rings is 1. The normalized spacial score (nSPS) is 15.9. The molecular formula is C21H27N5OS.